The van der Waals surface area contributed by atoms with Crippen LogP contribution in [0.2, 0.25) is 0 Å². The minimum Gasteiger partial charge on any atom is -0.330 e. The van der Waals surface area contributed by atoms with Gasteiger partial charge in [-0.2, -0.15) is 0 Å². The van der Waals surface area contributed by atoms with Crippen molar-refractivity contribution in [3.63, 3.8) is 0 Å². The van der Waals surface area contributed by atoms with Crippen LogP contribution >= 0.6 is 0 Å². The number of aryl methyl sites for hydroxylation is 4. The van der Waals surface area contributed by atoms with E-state index in [1.807, 2.05) is 13.1 Å². The molecule has 0 heterocycles. The van der Waals surface area contributed by atoms with Crippen LogP contribution in [0, 0.1) is 11.8 Å². The van der Waals surface area contributed by atoms with E-state index in [2.05, 4.69) is 81.2 Å². The number of hydrogen-bond donors (Lipinski definition) is 1. The molecular formula is C30H52N2. The van der Waals surface area contributed by atoms with Gasteiger partial charge in [0.25, 0.3) is 0 Å². The fraction of sp³-hybridized carbons (Fsp3) is 0.567. The van der Waals surface area contributed by atoms with Crippen molar-refractivity contribution in [1.29, 1.82) is 0 Å². The van der Waals surface area contributed by atoms with Crippen molar-refractivity contribution in [2.75, 3.05) is 13.1 Å². The van der Waals surface area contributed by atoms with Crippen LogP contribution in [0.1, 0.15) is 84.6 Å². The van der Waals surface area contributed by atoms with Crippen molar-refractivity contribution in [3.05, 3.63) is 70.8 Å². The molecular weight excluding hydrogens is 388 g/mol. The van der Waals surface area contributed by atoms with Crippen molar-refractivity contribution in [2.24, 2.45) is 22.6 Å². The average Bonchev–Trinajstić information content (AvgIpc) is 2.81. The first-order valence-corrected chi connectivity index (χ1v) is 11.9. The predicted molar refractivity (Wildman–Crippen MR) is 148 cm³/mol. The molecule has 0 amide bonds. The molecule has 2 heteroatoms. The fourth-order valence-electron chi connectivity index (χ4n) is 3.46. The molecule has 0 saturated heterocycles. The molecule has 0 aliphatic heterocycles. The summed E-state index contributed by atoms with van der Waals surface area (Å²) in [5.74, 6) is 1.36. The summed E-state index contributed by atoms with van der Waals surface area (Å²) in [7, 11) is 0. The third-order valence-electron chi connectivity index (χ3n) is 5.83. The Kier molecular flexibility index (Phi) is 19.9. The first-order valence-electron chi connectivity index (χ1n) is 11.9. The van der Waals surface area contributed by atoms with E-state index in [-0.39, 0.29) is 14.9 Å². The van der Waals surface area contributed by atoms with Gasteiger partial charge in [-0.15, -0.1) is 0 Å². The number of aliphatic imine (C=N–C) groups is 1. The van der Waals surface area contributed by atoms with Crippen LogP contribution in [0.3, 0.4) is 0 Å². The van der Waals surface area contributed by atoms with Gasteiger partial charge in [0.05, 0.1) is 0 Å². The first-order chi connectivity index (χ1) is 14.6. The highest BCUT2D eigenvalue weighted by molar-refractivity contribution is 5.53. The van der Waals surface area contributed by atoms with Crippen LogP contribution in [0.15, 0.2) is 53.5 Å². The predicted octanol–water partition coefficient (Wildman–Crippen LogP) is 7.96. The molecule has 2 aromatic carbocycles. The highest BCUT2D eigenvalue weighted by atomic mass is 14.7. The Labute approximate surface area is 200 Å². The quantitative estimate of drug-likeness (QED) is 0.354. The van der Waals surface area contributed by atoms with Crippen LogP contribution in [-0.2, 0) is 25.7 Å². The minimum absolute atomic E-state index is 0. The molecule has 2 unspecified atom stereocenters. The highest BCUT2D eigenvalue weighted by Crippen LogP contribution is 2.15. The normalized spacial score (nSPS) is 12.2. The van der Waals surface area contributed by atoms with Crippen molar-refractivity contribution in [1.82, 2.24) is 0 Å². The summed E-state index contributed by atoms with van der Waals surface area (Å²) >= 11 is 0. The van der Waals surface area contributed by atoms with Crippen LogP contribution < -0.4 is 5.73 Å². The lowest BCUT2D eigenvalue weighted by Crippen LogP contribution is -2.16. The molecule has 32 heavy (non-hydrogen) atoms. The zero-order chi connectivity index (χ0) is 22.2. The second-order valence-corrected chi connectivity index (χ2v) is 8.31. The summed E-state index contributed by atoms with van der Waals surface area (Å²) in [5.41, 5.74) is 11.3. The molecule has 0 aromatic heterocycles. The monoisotopic (exact) mass is 440 g/mol. The van der Waals surface area contributed by atoms with Crippen molar-refractivity contribution >= 4 is 6.21 Å². The molecule has 2 atom stereocenters. The molecule has 2 aromatic rings. The van der Waals surface area contributed by atoms with E-state index in [4.69, 9.17) is 5.73 Å². The van der Waals surface area contributed by atoms with Crippen molar-refractivity contribution in [3.8, 4) is 0 Å². The van der Waals surface area contributed by atoms with E-state index < -0.39 is 0 Å². The first kappa shape index (κ1) is 32.3. The smallest absolute Gasteiger partial charge is 0.0413 e. The molecule has 0 fully saturated rings. The third-order valence-corrected chi connectivity index (χ3v) is 5.83. The van der Waals surface area contributed by atoms with E-state index in [1.165, 1.54) is 35.1 Å². The zero-order valence-electron chi connectivity index (χ0n) is 20.0. The van der Waals surface area contributed by atoms with E-state index in [9.17, 15) is 0 Å². The average molecular weight is 441 g/mol. The van der Waals surface area contributed by atoms with Gasteiger partial charge in [-0.3, -0.25) is 4.99 Å². The Morgan fingerprint density at radius 2 is 1.19 bits per heavy atom. The van der Waals surface area contributed by atoms with Crippen LogP contribution in [0.4, 0.5) is 0 Å². The van der Waals surface area contributed by atoms with Gasteiger partial charge in [0.15, 0.2) is 0 Å². The Morgan fingerprint density at radius 1 is 0.781 bits per heavy atom. The van der Waals surface area contributed by atoms with Gasteiger partial charge in [0.1, 0.15) is 0 Å². The zero-order valence-corrected chi connectivity index (χ0v) is 20.0. The molecule has 0 aliphatic rings. The Bertz CT molecular complexity index is 638. The van der Waals surface area contributed by atoms with Crippen LogP contribution in [0.5, 0.6) is 0 Å². The maximum absolute atomic E-state index is 5.57. The van der Waals surface area contributed by atoms with E-state index in [0.29, 0.717) is 5.92 Å². The van der Waals surface area contributed by atoms with Crippen LogP contribution in [0.25, 0.3) is 0 Å². The fourth-order valence-corrected chi connectivity index (χ4v) is 3.46. The number of benzene rings is 2. The molecule has 0 radical (unpaired) electrons. The second-order valence-electron chi connectivity index (χ2n) is 8.31. The van der Waals surface area contributed by atoms with Gasteiger partial charge in [-0.05, 0) is 85.9 Å². The summed E-state index contributed by atoms with van der Waals surface area (Å²) in [6.07, 6.45) is 8.82. The van der Waals surface area contributed by atoms with Gasteiger partial charge in [0.2, 0.25) is 0 Å². The molecule has 182 valence electrons. The summed E-state index contributed by atoms with van der Waals surface area (Å²) in [5, 5.41) is 0. The Morgan fingerprint density at radius 3 is 1.50 bits per heavy atom. The summed E-state index contributed by atoms with van der Waals surface area (Å²) < 4.78 is 0. The van der Waals surface area contributed by atoms with Crippen LogP contribution in [-0.4, -0.2) is 19.3 Å². The molecule has 2 rings (SSSR count). The van der Waals surface area contributed by atoms with Gasteiger partial charge in [-0.1, -0.05) is 97.5 Å². The molecule has 0 saturated carbocycles. The van der Waals surface area contributed by atoms with Gasteiger partial charge in [0, 0.05) is 6.54 Å². The maximum Gasteiger partial charge on any atom is 0.0413 e. The lowest BCUT2D eigenvalue weighted by Gasteiger charge is -2.16. The van der Waals surface area contributed by atoms with Gasteiger partial charge < -0.3 is 5.73 Å². The SMILES string of the molecule is C.C.CC=NCC(CC)CC(C)CN.CCc1ccc(CCc2ccc(CC)cc2)cc1. The second kappa shape index (κ2) is 19.7. The van der Waals surface area contributed by atoms with E-state index in [0.717, 1.165) is 44.7 Å². The highest BCUT2D eigenvalue weighted by Gasteiger charge is 2.09. The van der Waals surface area contributed by atoms with Crippen molar-refractivity contribution in [2.45, 2.75) is 88.0 Å². The summed E-state index contributed by atoms with van der Waals surface area (Å²) in [6.45, 7) is 12.6. The third kappa shape index (κ3) is 13.5. The number of hydrogen-bond acceptors (Lipinski definition) is 2. The summed E-state index contributed by atoms with van der Waals surface area (Å²) in [6, 6.07) is 18.0. The molecule has 0 bridgehead atoms. The number of rotatable bonds is 11. The van der Waals surface area contributed by atoms with E-state index >= 15 is 0 Å². The Hall–Kier alpha value is -1.93. The largest absolute Gasteiger partial charge is 0.330 e. The van der Waals surface area contributed by atoms with Gasteiger partial charge >= 0.3 is 0 Å². The molecule has 2 nitrogen and oxygen atoms in total. The number of nitrogens with two attached hydrogens (primary N) is 1. The number of nitrogens with zero attached hydrogens (tertiary/aromatic N) is 1. The molecule has 0 aliphatic carbocycles. The van der Waals surface area contributed by atoms with Gasteiger partial charge in [-0.25, -0.2) is 0 Å². The lowest BCUT2D eigenvalue weighted by atomic mass is 9.94. The Balaban J connectivity index is 0. The topological polar surface area (TPSA) is 38.4 Å². The van der Waals surface area contributed by atoms with E-state index in [1.54, 1.807) is 0 Å². The lowest BCUT2D eigenvalue weighted by molar-refractivity contribution is 0.394. The molecule has 2 N–H and O–H groups in total. The standard InChI is InChI=1S/C18H22.C10H22N2.2CH4/c1-3-15-5-9-17(10-6-15)13-14-18-11-7-16(4-2)8-12-18;1-4-10(8-12-5-2)6-9(3)7-11;;/h5-12H,3-4,13-14H2,1-2H3;5,9-10H,4,6-8,11H2,1-3H3;2*1H4. The molecule has 0 spiro atoms. The summed E-state index contributed by atoms with van der Waals surface area (Å²) in [4.78, 5) is 4.26. The van der Waals surface area contributed by atoms with Crippen molar-refractivity contribution < 1.29 is 0 Å². The maximum atomic E-state index is 5.57. The minimum atomic E-state index is 0.